The lowest BCUT2D eigenvalue weighted by Crippen LogP contribution is -2.52. The first-order valence-electron chi connectivity index (χ1n) is 8.18. The van der Waals surface area contributed by atoms with Crippen LogP contribution in [-0.4, -0.2) is 47.3 Å². The number of hydrogen-bond acceptors (Lipinski definition) is 4. The Kier molecular flexibility index (Phi) is 4.91. The van der Waals surface area contributed by atoms with Gasteiger partial charge in [-0.3, -0.25) is 4.79 Å². The molecule has 1 aromatic heterocycles. The molecule has 1 aliphatic heterocycles. The van der Waals surface area contributed by atoms with Crippen LogP contribution in [0.2, 0.25) is 0 Å². The van der Waals surface area contributed by atoms with Crippen LogP contribution in [0.25, 0.3) is 0 Å². The fourth-order valence-electron chi connectivity index (χ4n) is 3.30. The molecule has 1 amide bonds. The average molecular weight is 362 g/mol. The topological polar surface area (TPSA) is 84.3 Å². The summed E-state index contributed by atoms with van der Waals surface area (Å²) in [6.07, 6.45) is 3.60. The van der Waals surface area contributed by atoms with Crippen LogP contribution >= 0.6 is 0 Å². The molecule has 1 N–H and O–H groups in total. The van der Waals surface area contributed by atoms with Crippen LogP contribution in [0.3, 0.4) is 0 Å². The van der Waals surface area contributed by atoms with Crippen molar-refractivity contribution < 1.29 is 13.2 Å². The van der Waals surface area contributed by atoms with Crippen molar-refractivity contribution in [3.8, 4) is 0 Å². The van der Waals surface area contributed by atoms with E-state index >= 15 is 0 Å². The van der Waals surface area contributed by atoms with Crippen LogP contribution < -0.4 is 5.32 Å². The molecule has 2 heterocycles. The number of hydrogen-bond donors (Lipinski definition) is 1. The molecule has 0 radical (unpaired) electrons. The SMILES string of the molecule is CC(=O)N[C@H]1CN(S(=O)(=O)c2cn(C)cn2)CC[C@H]1c1ccccc1. The predicted octanol–water partition coefficient (Wildman–Crippen LogP) is 1.10. The number of imidazole rings is 1. The quantitative estimate of drug-likeness (QED) is 0.883. The minimum atomic E-state index is -3.67. The Morgan fingerprint density at radius 3 is 2.60 bits per heavy atom. The lowest BCUT2D eigenvalue weighted by Gasteiger charge is -2.38. The van der Waals surface area contributed by atoms with Gasteiger partial charge in [0, 0.05) is 45.2 Å². The van der Waals surface area contributed by atoms with Crippen molar-refractivity contribution in [3.05, 3.63) is 48.4 Å². The molecular weight excluding hydrogens is 340 g/mol. The normalized spacial score (nSPS) is 21.8. The fourth-order valence-corrected chi connectivity index (χ4v) is 4.75. The summed E-state index contributed by atoms with van der Waals surface area (Å²) in [7, 11) is -1.94. The molecule has 2 atom stereocenters. The number of piperidine rings is 1. The highest BCUT2D eigenvalue weighted by Gasteiger charge is 2.37. The van der Waals surface area contributed by atoms with Crippen molar-refractivity contribution in [2.75, 3.05) is 13.1 Å². The van der Waals surface area contributed by atoms with Gasteiger partial charge in [0.15, 0.2) is 5.03 Å². The largest absolute Gasteiger partial charge is 0.352 e. The van der Waals surface area contributed by atoms with Crippen LogP contribution in [0.15, 0.2) is 47.9 Å². The fraction of sp³-hybridized carbons (Fsp3) is 0.412. The van der Waals surface area contributed by atoms with Gasteiger partial charge in [0.1, 0.15) is 0 Å². The third-order valence-corrected chi connectivity index (χ3v) is 6.23. The Labute approximate surface area is 147 Å². The van der Waals surface area contributed by atoms with Crippen molar-refractivity contribution >= 4 is 15.9 Å². The molecule has 3 rings (SSSR count). The lowest BCUT2D eigenvalue weighted by atomic mass is 9.86. The molecule has 25 heavy (non-hydrogen) atoms. The molecule has 1 aromatic carbocycles. The summed E-state index contributed by atoms with van der Waals surface area (Å²) >= 11 is 0. The van der Waals surface area contributed by atoms with E-state index in [1.165, 1.54) is 23.8 Å². The van der Waals surface area contributed by atoms with Gasteiger partial charge in [0.05, 0.1) is 6.33 Å². The van der Waals surface area contributed by atoms with E-state index in [0.29, 0.717) is 13.0 Å². The minimum Gasteiger partial charge on any atom is -0.352 e. The van der Waals surface area contributed by atoms with Crippen molar-refractivity contribution in [2.24, 2.45) is 7.05 Å². The number of amides is 1. The summed E-state index contributed by atoms with van der Waals surface area (Å²) < 4.78 is 28.6. The second-order valence-corrected chi connectivity index (χ2v) is 8.24. The number of nitrogens with zero attached hydrogens (tertiary/aromatic N) is 3. The summed E-state index contributed by atoms with van der Waals surface area (Å²) in [4.78, 5) is 15.6. The first-order chi connectivity index (χ1) is 11.9. The molecular formula is C17H22N4O3S. The van der Waals surface area contributed by atoms with Gasteiger partial charge in [0.2, 0.25) is 5.91 Å². The highest BCUT2D eigenvalue weighted by atomic mass is 32.2. The Balaban J connectivity index is 1.86. The Morgan fingerprint density at radius 2 is 2.00 bits per heavy atom. The van der Waals surface area contributed by atoms with Crippen LogP contribution in [0, 0.1) is 0 Å². The summed E-state index contributed by atoms with van der Waals surface area (Å²) in [5.74, 6) is -0.0803. The molecule has 8 heteroatoms. The van der Waals surface area contributed by atoms with Crippen LogP contribution in [0.4, 0.5) is 0 Å². The maximum atomic E-state index is 12.8. The van der Waals surface area contributed by atoms with Gasteiger partial charge < -0.3 is 9.88 Å². The van der Waals surface area contributed by atoms with Crippen LogP contribution in [0.1, 0.15) is 24.8 Å². The zero-order valence-electron chi connectivity index (χ0n) is 14.3. The molecule has 1 aliphatic rings. The van der Waals surface area contributed by atoms with Gasteiger partial charge in [-0.1, -0.05) is 30.3 Å². The first-order valence-corrected chi connectivity index (χ1v) is 9.62. The molecule has 1 saturated heterocycles. The number of rotatable bonds is 4. The Hall–Kier alpha value is -2.19. The van der Waals surface area contributed by atoms with Gasteiger partial charge in [0.25, 0.3) is 10.0 Å². The number of benzene rings is 1. The number of sulfonamides is 1. The first kappa shape index (κ1) is 17.6. The molecule has 0 saturated carbocycles. The van der Waals surface area contributed by atoms with E-state index in [1.807, 2.05) is 30.3 Å². The van der Waals surface area contributed by atoms with Crippen molar-refractivity contribution in [3.63, 3.8) is 0 Å². The summed E-state index contributed by atoms with van der Waals surface area (Å²) in [6, 6.07) is 9.61. The minimum absolute atomic E-state index is 0.0368. The van der Waals surface area contributed by atoms with E-state index in [2.05, 4.69) is 10.3 Å². The van der Waals surface area contributed by atoms with Gasteiger partial charge >= 0.3 is 0 Å². The molecule has 0 bridgehead atoms. The summed E-state index contributed by atoms with van der Waals surface area (Å²) in [5, 5.41) is 2.96. The maximum absolute atomic E-state index is 12.8. The predicted molar refractivity (Wildman–Crippen MR) is 93.4 cm³/mol. The standard InChI is InChI=1S/C17H22N4O3S/c1-13(22)19-16-10-21(25(23,24)17-11-20(2)12-18-17)9-8-15(16)14-6-4-3-5-7-14/h3-7,11-12,15-16H,8-10H2,1-2H3,(H,19,22)/t15-,16-/m0/s1. The highest BCUT2D eigenvalue weighted by Crippen LogP contribution is 2.30. The van der Waals surface area contributed by atoms with E-state index in [1.54, 1.807) is 11.6 Å². The average Bonchev–Trinajstić information content (AvgIpc) is 3.02. The van der Waals surface area contributed by atoms with E-state index in [9.17, 15) is 13.2 Å². The molecule has 1 fully saturated rings. The monoisotopic (exact) mass is 362 g/mol. The van der Waals surface area contributed by atoms with Crippen LogP contribution in [-0.2, 0) is 21.9 Å². The van der Waals surface area contributed by atoms with Gasteiger partial charge in [-0.15, -0.1) is 0 Å². The van der Waals surface area contributed by atoms with E-state index in [4.69, 9.17) is 0 Å². The Bertz CT molecular complexity index is 848. The zero-order chi connectivity index (χ0) is 18.0. The van der Waals surface area contributed by atoms with E-state index < -0.39 is 10.0 Å². The third-order valence-electron chi connectivity index (χ3n) is 4.48. The molecule has 0 unspecified atom stereocenters. The van der Waals surface area contributed by atoms with Crippen molar-refractivity contribution in [2.45, 2.75) is 30.3 Å². The third kappa shape index (κ3) is 3.74. The van der Waals surface area contributed by atoms with E-state index in [0.717, 1.165) is 5.56 Å². The Morgan fingerprint density at radius 1 is 1.28 bits per heavy atom. The lowest BCUT2D eigenvalue weighted by molar-refractivity contribution is -0.120. The van der Waals surface area contributed by atoms with E-state index in [-0.39, 0.29) is 29.4 Å². The maximum Gasteiger partial charge on any atom is 0.262 e. The van der Waals surface area contributed by atoms with Crippen molar-refractivity contribution in [1.82, 2.24) is 19.2 Å². The molecule has 134 valence electrons. The number of aryl methyl sites for hydroxylation is 1. The molecule has 7 nitrogen and oxygen atoms in total. The van der Waals surface area contributed by atoms with Crippen LogP contribution in [0.5, 0.6) is 0 Å². The second kappa shape index (κ2) is 6.97. The number of carbonyl (C=O) groups excluding carboxylic acids is 1. The zero-order valence-corrected chi connectivity index (χ0v) is 15.1. The molecule has 0 spiro atoms. The summed E-state index contributed by atoms with van der Waals surface area (Å²) in [6.45, 7) is 2.08. The van der Waals surface area contributed by atoms with Crippen molar-refractivity contribution in [1.29, 1.82) is 0 Å². The molecule has 2 aromatic rings. The van der Waals surface area contributed by atoms with Gasteiger partial charge in [-0.05, 0) is 12.0 Å². The van der Waals surface area contributed by atoms with Gasteiger partial charge in [-0.2, -0.15) is 4.31 Å². The number of aromatic nitrogens is 2. The molecule has 0 aliphatic carbocycles. The summed E-state index contributed by atoms with van der Waals surface area (Å²) in [5.41, 5.74) is 1.11. The number of carbonyl (C=O) groups is 1. The van der Waals surface area contributed by atoms with Gasteiger partial charge in [-0.25, -0.2) is 13.4 Å². The smallest absolute Gasteiger partial charge is 0.262 e. The highest BCUT2D eigenvalue weighted by molar-refractivity contribution is 7.89. The second-order valence-electron chi connectivity index (χ2n) is 6.35. The number of nitrogens with one attached hydrogen (secondary N) is 1.